The second kappa shape index (κ2) is 5.48. The SMILES string of the molecule is CCC1CCCC1NCCC1(C)OCCO1. The predicted molar refractivity (Wildman–Crippen MR) is 64.3 cm³/mol. The van der Waals surface area contributed by atoms with Crippen molar-refractivity contribution in [2.24, 2.45) is 5.92 Å². The van der Waals surface area contributed by atoms with Crippen LogP contribution in [-0.2, 0) is 9.47 Å². The van der Waals surface area contributed by atoms with Crippen molar-refractivity contribution in [3.8, 4) is 0 Å². The molecule has 1 aliphatic heterocycles. The van der Waals surface area contributed by atoms with Crippen molar-refractivity contribution < 1.29 is 9.47 Å². The van der Waals surface area contributed by atoms with Gasteiger partial charge in [0, 0.05) is 19.0 Å². The third-order valence-corrected chi connectivity index (χ3v) is 4.07. The molecule has 0 aromatic carbocycles. The Morgan fingerprint density at radius 3 is 2.69 bits per heavy atom. The van der Waals surface area contributed by atoms with Crippen LogP contribution >= 0.6 is 0 Å². The lowest BCUT2D eigenvalue weighted by Gasteiger charge is -2.25. The first-order valence-corrected chi connectivity index (χ1v) is 6.75. The number of hydrogen-bond acceptors (Lipinski definition) is 3. The molecular formula is C13H25NO2. The molecule has 3 heteroatoms. The van der Waals surface area contributed by atoms with Gasteiger partial charge in [0.2, 0.25) is 0 Å². The highest BCUT2D eigenvalue weighted by Crippen LogP contribution is 2.28. The minimum atomic E-state index is -0.326. The van der Waals surface area contributed by atoms with Crippen molar-refractivity contribution in [1.29, 1.82) is 0 Å². The molecule has 0 spiro atoms. The largest absolute Gasteiger partial charge is 0.348 e. The quantitative estimate of drug-likeness (QED) is 0.782. The van der Waals surface area contributed by atoms with Crippen LogP contribution in [0.4, 0.5) is 0 Å². The average molecular weight is 227 g/mol. The summed E-state index contributed by atoms with van der Waals surface area (Å²) in [6.07, 6.45) is 6.40. The van der Waals surface area contributed by atoms with Gasteiger partial charge in [-0.2, -0.15) is 0 Å². The number of rotatable bonds is 5. The molecule has 2 rings (SSSR count). The minimum Gasteiger partial charge on any atom is -0.348 e. The second-order valence-electron chi connectivity index (χ2n) is 5.24. The van der Waals surface area contributed by atoms with Crippen LogP contribution < -0.4 is 5.32 Å². The molecule has 2 unspecified atom stereocenters. The predicted octanol–water partition coefficient (Wildman–Crippen LogP) is 2.31. The van der Waals surface area contributed by atoms with E-state index in [1.165, 1.54) is 25.7 Å². The summed E-state index contributed by atoms with van der Waals surface area (Å²) in [7, 11) is 0. The van der Waals surface area contributed by atoms with Crippen LogP contribution in [0.2, 0.25) is 0 Å². The van der Waals surface area contributed by atoms with Crippen LogP contribution in [0.25, 0.3) is 0 Å². The van der Waals surface area contributed by atoms with E-state index in [4.69, 9.17) is 9.47 Å². The molecule has 1 saturated carbocycles. The highest BCUT2D eigenvalue weighted by Gasteiger charge is 2.31. The van der Waals surface area contributed by atoms with E-state index >= 15 is 0 Å². The van der Waals surface area contributed by atoms with Crippen LogP contribution in [0.1, 0.15) is 46.0 Å². The molecule has 2 atom stereocenters. The van der Waals surface area contributed by atoms with Crippen LogP contribution in [-0.4, -0.2) is 31.6 Å². The highest BCUT2D eigenvalue weighted by molar-refractivity contribution is 4.83. The second-order valence-corrected chi connectivity index (χ2v) is 5.24. The summed E-state index contributed by atoms with van der Waals surface area (Å²) in [5.74, 6) is 0.561. The molecule has 94 valence electrons. The molecule has 1 saturated heterocycles. The fourth-order valence-corrected chi connectivity index (χ4v) is 2.98. The minimum absolute atomic E-state index is 0.326. The smallest absolute Gasteiger partial charge is 0.166 e. The van der Waals surface area contributed by atoms with E-state index in [2.05, 4.69) is 12.2 Å². The topological polar surface area (TPSA) is 30.5 Å². The van der Waals surface area contributed by atoms with Gasteiger partial charge in [0.05, 0.1) is 13.2 Å². The fraction of sp³-hybridized carbons (Fsp3) is 1.00. The Kier molecular flexibility index (Phi) is 4.22. The van der Waals surface area contributed by atoms with E-state index in [9.17, 15) is 0 Å². The Morgan fingerprint density at radius 1 is 1.25 bits per heavy atom. The zero-order valence-corrected chi connectivity index (χ0v) is 10.6. The van der Waals surface area contributed by atoms with E-state index in [0.717, 1.165) is 38.1 Å². The van der Waals surface area contributed by atoms with E-state index in [1.807, 2.05) is 6.92 Å². The van der Waals surface area contributed by atoms with Crippen molar-refractivity contribution in [2.45, 2.75) is 57.8 Å². The fourth-order valence-electron chi connectivity index (χ4n) is 2.98. The van der Waals surface area contributed by atoms with Gasteiger partial charge in [0.1, 0.15) is 0 Å². The molecule has 1 N–H and O–H groups in total. The zero-order chi connectivity index (χ0) is 11.4. The summed E-state index contributed by atoms with van der Waals surface area (Å²) in [5.41, 5.74) is 0. The Hall–Kier alpha value is -0.120. The zero-order valence-electron chi connectivity index (χ0n) is 10.6. The Labute approximate surface area is 98.9 Å². The van der Waals surface area contributed by atoms with Gasteiger partial charge >= 0.3 is 0 Å². The number of ether oxygens (including phenoxy) is 2. The van der Waals surface area contributed by atoms with Gasteiger partial charge in [-0.25, -0.2) is 0 Å². The molecule has 0 radical (unpaired) electrons. The number of hydrogen-bond donors (Lipinski definition) is 1. The summed E-state index contributed by atoms with van der Waals surface area (Å²) in [6.45, 7) is 6.86. The lowest BCUT2D eigenvalue weighted by atomic mass is 10.0. The third kappa shape index (κ3) is 2.96. The van der Waals surface area contributed by atoms with Crippen LogP contribution in [0.15, 0.2) is 0 Å². The molecule has 0 amide bonds. The summed E-state index contributed by atoms with van der Waals surface area (Å²) in [5, 5.41) is 3.67. The summed E-state index contributed by atoms with van der Waals surface area (Å²) < 4.78 is 11.2. The molecule has 3 nitrogen and oxygen atoms in total. The van der Waals surface area contributed by atoms with Crippen molar-refractivity contribution in [2.75, 3.05) is 19.8 Å². The van der Waals surface area contributed by atoms with Crippen molar-refractivity contribution in [1.82, 2.24) is 5.32 Å². The van der Waals surface area contributed by atoms with Gasteiger partial charge in [-0.15, -0.1) is 0 Å². The summed E-state index contributed by atoms with van der Waals surface area (Å²) >= 11 is 0. The van der Waals surface area contributed by atoms with Crippen molar-refractivity contribution >= 4 is 0 Å². The lowest BCUT2D eigenvalue weighted by molar-refractivity contribution is -0.145. The van der Waals surface area contributed by atoms with Gasteiger partial charge < -0.3 is 14.8 Å². The Balaban J connectivity index is 1.67. The number of nitrogens with one attached hydrogen (secondary N) is 1. The summed E-state index contributed by atoms with van der Waals surface area (Å²) in [4.78, 5) is 0. The molecule has 16 heavy (non-hydrogen) atoms. The van der Waals surface area contributed by atoms with E-state index in [-0.39, 0.29) is 5.79 Å². The molecule has 2 fully saturated rings. The van der Waals surface area contributed by atoms with E-state index in [0.29, 0.717) is 0 Å². The molecule has 0 aromatic rings. The van der Waals surface area contributed by atoms with Crippen molar-refractivity contribution in [3.63, 3.8) is 0 Å². The van der Waals surface area contributed by atoms with Crippen LogP contribution in [0, 0.1) is 5.92 Å². The normalized spacial score (nSPS) is 33.4. The van der Waals surface area contributed by atoms with Crippen LogP contribution in [0.5, 0.6) is 0 Å². The first-order valence-electron chi connectivity index (χ1n) is 6.75. The maximum Gasteiger partial charge on any atom is 0.166 e. The van der Waals surface area contributed by atoms with E-state index < -0.39 is 0 Å². The highest BCUT2D eigenvalue weighted by atomic mass is 16.7. The van der Waals surface area contributed by atoms with Gasteiger partial charge in [-0.1, -0.05) is 19.8 Å². The average Bonchev–Trinajstić information content (AvgIpc) is 2.88. The first-order chi connectivity index (χ1) is 7.73. The molecule has 2 aliphatic rings. The Bertz CT molecular complexity index is 214. The first kappa shape index (κ1) is 12.3. The lowest BCUT2D eigenvalue weighted by Crippen LogP contribution is -2.37. The monoisotopic (exact) mass is 227 g/mol. The van der Waals surface area contributed by atoms with Gasteiger partial charge in [0.15, 0.2) is 5.79 Å². The summed E-state index contributed by atoms with van der Waals surface area (Å²) in [6, 6.07) is 0.731. The maximum absolute atomic E-state index is 5.60. The molecule has 1 aliphatic carbocycles. The van der Waals surface area contributed by atoms with Gasteiger partial charge in [-0.3, -0.25) is 0 Å². The third-order valence-electron chi connectivity index (χ3n) is 4.07. The van der Waals surface area contributed by atoms with E-state index in [1.54, 1.807) is 0 Å². The standard InChI is InChI=1S/C13H25NO2/c1-3-11-5-4-6-12(11)14-8-7-13(2)15-9-10-16-13/h11-12,14H,3-10H2,1-2H3. The van der Waals surface area contributed by atoms with Crippen molar-refractivity contribution in [3.05, 3.63) is 0 Å². The molecule has 0 bridgehead atoms. The molecule has 0 aromatic heterocycles. The Morgan fingerprint density at radius 2 is 2.00 bits per heavy atom. The van der Waals surface area contributed by atoms with Gasteiger partial charge in [0.25, 0.3) is 0 Å². The maximum atomic E-state index is 5.60. The van der Waals surface area contributed by atoms with Gasteiger partial charge in [-0.05, 0) is 25.7 Å². The van der Waals surface area contributed by atoms with Crippen LogP contribution in [0.3, 0.4) is 0 Å². The molecular weight excluding hydrogens is 202 g/mol. The molecule has 1 heterocycles.